The minimum atomic E-state index is -0.962. The molecule has 5 atom stereocenters. The van der Waals surface area contributed by atoms with Crippen molar-refractivity contribution in [3.05, 3.63) is 0 Å². The second-order valence-corrected chi connectivity index (χ2v) is 7.11. The molecule has 0 saturated heterocycles. The van der Waals surface area contributed by atoms with Crippen LogP contribution in [0.2, 0.25) is 0 Å². The summed E-state index contributed by atoms with van der Waals surface area (Å²) in [5, 5.41) is 12.1. The Morgan fingerprint density at radius 3 is 2.43 bits per heavy atom. The van der Waals surface area contributed by atoms with Gasteiger partial charge in [0.25, 0.3) is 0 Å². The quantitative estimate of drug-likeness (QED) is 0.724. The fourth-order valence-electron chi connectivity index (χ4n) is 3.26. The van der Waals surface area contributed by atoms with Crippen LogP contribution in [0.15, 0.2) is 0 Å². The lowest BCUT2D eigenvalue weighted by Gasteiger charge is -2.46. The normalized spacial score (nSPS) is 31.2. The highest BCUT2D eigenvalue weighted by molar-refractivity contribution is 5.85. The van der Waals surface area contributed by atoms with Gasteiger partial charge in [0.05, 0.1) is 0 Å². The molecule has 1 fully saturated rings. The number of carbonyl (C=O) groups is 2. The van der Waals surface area contributed by atoms with E-state index in [0.717, 1.165) is 12.8 Å². The number of carboxylic acid groups (broad SMARTS) is 1. The summed E-state index contributed by atoms with van der Waals surface area (Å²) in [7, 11) is 0. The monoisotopic (exact) mass is 298 g/mol. The lowest BCUT2D eigenvalue weighted by molar-refractivity contribution is -0.146. The first-order valence-corrected chi connectivity index (χ1v) is 7.91. The Labute approximate surface area is 127 Å². The Morgan fingerprint density at radius 2 is 1.95 bits per heavy atom. The van der Waals surface area contributed by atoms with Gasteiger partial charge in [-0.05, 0) is 30.1 Å². The molecule has 1 amide bonds. The lowest BCUT2D eigenvalue weighted by Crippen LogP contribution is -2.55. The van der Waals surface area contributed by atoms with Crippen LogP contribution in [0.1, 0.15) is 53.9 Å². The fraction of sp³-hybridized carbons (Fsp3) is 0.875. The van der Waals surface area contributed by atoms with Gasteiger partial charge < -0.3 is 16.2 Å². The average molecular weight is 298 g/mol. The molecule has 0 aliphatic heterocycles. The summed E-state index contributed by atoms with van der Waals surface area (Å²) in [5.74, 6) is -1.15. The molecule has 122 valence electrons. The van der Waals surface area contributed by atoms with E-state index in [1.54, 1.807) is 0 Å². The van der Waals surface area contributed by atoms with E-state index in [1.807, 2.05) is 13.8 Å². The van der Waals surface area contributed by atoms with Crippen LogP contribution in [-0.4, -0.2) is 29.1 Å². The van der Waals surface area contributed by atoms with Crippen molar-refractivity contribution in [3.63, 3.8) is 0 Å². The summed E-state index contributed by atoms with van der Waals surface area (Å²) in [6.07, 6.45) is 2.24. The van der Waals surface area contributed by atoms with E-state index in [0.29, 0.717) is 6.42 Å². The maximum absolute atomic E-state index is 12.6. The predicted molar refractivity (Wildman–Crippen MR) is 82.7 cm³/mol. The minimum Gasteiger partial charge on any atom is -0.480 e. The van der Waals surface area contributed by atoms with Gasteiger partial charge in [0.1, 0.15) is 6.04 Å². The Bertz CT molecular complexity index is 395. The molecular weight excluding hydrogens is 268 g/mol. The van der Waals surface area contributed by atoms with Crippen LogP contribution in [0.5, 0.6) is 0 Å². The van der Waals surface area contributed by atoms with Crippen molar-refractivity contribution in [1.82, 2.24) is 5.32 Å². The highest BCUT2D eigenvalue weighted by atomic mass is 16.4. The smallest absolute Gasteiger partial charge is 0.326 e. The zero-order valence-electron chi connectivity index (χ0n) is 13.8. The van der Waals surface area contributed by atoms with Crippen LogP contribution in [0.25, 0.3) is 0 Å². The molecule has 0 heterocycles. The molecule has 0 aromatic rings. The second kappa shape index (κ2) is 6.77. The van der Waals surface area contributed by atoms with Crippen molar-refractivity contribution in [2.75, 3.05) is 0 Å². The molecule has 0 bridgehead atoms. The van der Waals surface area contributed by atoms with Crippen molar-refractivity contribution in [3.8, 4) is 0 Å². The number of nitrogens with two attached hydrogens (primary N) is 1. The highest BCUT2D eigenvalue weighted by Gasteiger charge is 2.45. The van der Waals surface area contributed by atoms with E-state index in [2.05, 4.69) is 26.1 Å². The lowest BCUT2D eigenvalue weighted by atomic mass is 9.61. The molecule has 0 aromatic carbocycles. The first-order valence-electron chi connectivity index (χ1n) is 7.91. The topological polar surface area (TPSA) is 92.4 Å². The molecule has 21 heavy (non-hydrogen) atoms. The van der Waals surface area contributed by atoms with Crippen LogP contribution in [0, 0.1) is 23.2 Å². The molecular formula is C16H30N2O3. The summed E-state index contributed by atoms with van der Waals surface area (Å²) < 4.78 is 0. The van der Waals surface area contributed by atoms with Gasteiger partial charge in [-0.2, -0.15) is 0 Å². The first-order chi connectivity index (χ1) is 9.62. The number of nitrogens with one attached hydrogen (secondary N) is 1. The molecule has 1 aliphatic rings. The molecule has 1 saturated carbocycles. The zero-order valence-corrected chi connectivity index (χ0v) is 13.8. The number of carboxylic acids is 1. The number of hydrogen-bond acceptors (Lipinski definition) is 3. The summed E-state index contributed by atoms with van der Waals surface area (Å²) in [6, 6.07) is -0.710. The van der Waals surface area contributed by atoms with Crippen LogP contribution < -0.4 is 11.1 Å². The zero-order chi connectivity index (χ0) is 16.4. The van der Waals surface area contributed by atoms with E-state index >= 15 is 0 Å². The van der Waals surface area contributed by atoms with Gasteiger partial charge in [0.2, 0.25) is 5.91 Å². The Kier molecular flexibility index (Phi) is 5.79. The molecule has 0 spiro atoms. The highest BCUT2D eigenvalue weighted by Crippen LogP contribution is 2.44. The van der Waals surface area contributed by atoms with Gasteiger partial charge in [-0.25, -0.2) is 4.79 Å². The van der Waals surface area contributed by atoms with E-state index in [4.69, 9.17) is 5.73 Å². The number of amides is 1. The summed E-state index contributed by atoms with van der Waals surface area (Å²) in [4.78, 5) is 23.9. The summed E-state index contributed by atoms with van der Waals surface area (Å²) >= 11 is 0. The maximum Gasteiger partial charge on any atom is 0.326 e. The van der Waals surface area contributed by atoms with E-state index in [9.17, 15) is 14.7 Å². The van der Waals surface area contributed by atoms with Gasteiger partial charge in [-0.15, -0.1) is 0 Å². The molecule has 4 N–H and O–H groups in total. The Balaban J connectivity index is 2.85. The third-order valence-electron chi connectivity index (χ3n) is 5.60. The number of rotatable bonds is 5. The number of aliphatic carboxylic acids is 1. The van der Waals surface area contributed by atoms with Gasteiger partial charge in [-0.3, -0.25) is 4.79 Å². The van der Waals surface area contributed by atoms with E-state index in [1.165, 1.54) is 0 Å². The van der Waals surface area contributed by atoms with Crippen molar-refractivity contribution < 1.29 is 14.7 Å². The second-order valence-electron chi connectivity index (χ2n) is 7.11. The van der Waals surface area contributed by atoms with Crippen molar-refractivity contribution >= 4 is 11.9 Å². The van der Waals surface area contributed by atoms with Gasteiger partial charge in [0.15, 0.2) is 0 Å². The van der Waals surface area contributed by atoms with Crippen molar-refractivity contribution in [1.29, 1.82) is 0 Å². The Morgan fingerprint density at radius 1 is 1.38 bits per heavy atom. The minimum absolute atomic E-state index is 0.0853. The van der Waals surface area contributed by atoms with Gasteiger partial charge in [-0.1, -0.05) is 41.0 Å². The molecule has 5 heteroatoms. The third-order valence-corrected chi connectivity index (χ3v) is 5.60. The molecule has 1 rings (SSSR count). The van der Waals surface area contributed by atoms with E-state index in [-0.39, 0.29) is 35.1 Å². The van der Waals surface area contributed by atoms with E-state index < -0.39 is 12.0 Å². The Hall–Kier alpha value is -1.10. The van der Waals surface area contributed by atoms with Crippen LogP contribution in [0.3, 0.4) is 0 Å². The maximum atomic E-state index is 12.6. The van der Waals surface area contributed by atoms with Gasteiger partial charge >= 0.3 is 5.97 Å². The number of carbonyl (C=O) groups excluding carboxylic acids is 1. The predicted octanol–water partition coefficient (Wildman–Crippen LogP) is 2.00. The third kappa shape index (κ3) is 3.76. The summed E-state index contributed by atoms with van der Waals surface area (Å²) in [5.41, 5.74) is 5.89. The van der Waals surface area contributed by atoms with Gasteiger partial charge in [0, 0.05) is 12.0 Å². The number of hydrogen-bond donors (Lipinski definition) is 3. The molecule has 4 unspecified atom stereocenters. The molecule has 0 aromatic heterocycles. The first kappa shape index (κ1) is 18.0. The van der Waals surface area contributed by atoms with Crippen LogP contribution >= 0.6 is 0 Å². The van der Waals surface area contributed by atoms with Crippen LogP contribution in [0.4, 0.5) is 0 Å². The fourth-order valence-corrected chi connectivity index (χ4v) is 3.26. The van der Waals surface area contributed by atoms with Crippen molar-refractivity contribution in [2.24, 2.45) is 28.9 Å². The average Bonchev–Trinajstić information content (AvgIpc) is 2.40. The molecule has 0 radical (unpaired) electrons. The van der Waals surface area contributed by atoms with Crippen LogP contribution in [-0.2, 0) is 9.59 Å². The standard InChI is InChI=1S/C16H30N2O3/c1-6-9(2)13(15(20)21)18-14(19)11-7-8-12(17)10(3)16(11,4)5/h9-13H,6-8,17H2,1-5H3,(H,18,19)(H,20,21)/t9?,10?,11?,12?,13-/m0/s1. The largest absolute Gasteiger partial charge is 0.480 e. The summed E-state index contributed by atoms with van der Waals surface area (Å²) in [6.45, 7) is 9.97. The SMILES string of the molecule is CCC(C)[C@H](NC(=O)C1CCC(N)C(C)C1(C)C)C(=O)O. The van der Waals surface area contributed by atoms with Crippen molar-refractivity contribution in [2.45, 2.75) is 66.0 Å². The molecule has 1 aliphatic carbocycles. The molecule has 5 nitrogen and oxygen atoms in total.